The minimum Gasteiger partial charge on any atom is -2.00 e. The molecular formula is O2TiY. The average molecular weight is 169 g/mol. The summed E-state index contributed by atoms with van der Waals surface area (Å²) in [5.41, 5.74) is 0. The van der Waals surface area contributed by atoms with Gasteiger partial charge in [0.1, 0.15) is 0 Å². The third kappa shape index (κ3) is 9.28. The molecule has 0 saturated carbocycles. The van der Waals surface area contributed by atoms with Crippen molar-refractivity contribution in [1.29, 1.82) is 0 Å². The van der Waals surface area contributed by atoms with E-state index in [2.05, 4.69) is 0 Å². The van der Waals surface area contributed by atoms with Gasteiger partial charge in [0.15, 0.2) is 0 Å². The van der Waals surface area contributed by atoms with E-state index in [1.54, 1.807) is 0 Å². The molecule has 0 aromatic carbocycles. The molecule has 0 fully saturated rings. The Labute approximate surface area is 64.7 Å². The van der Waals surface area contributed by atoms with Gasteiger partial charge in [0.2, 0.25) is 0 Å². The molecule has 0 unspecified atom stereocenters. The smallest absolute Gasteiger partial charge is 2.00 e. The molecule has 4 heteroatoms. The van der Waals surface area contributed by atoms with E-state index >= 15 is 0 Å². The van der Waals surface area contributed by atoms with Crippen LogP contribution in [-0.4, -0.2) is 0 Å². The van der Waals surface area contributed by atoms with E-state index in [1.807, 2.05) is 0 Å². The van der Waals surface area contributed by atoms with Crippen LogP contribution in [0.15, 0.2) is 0 Å². The van der Waals surface area contributed by atoms with Crippen LogP contribution in [0, 0.1) is 0 Å². The van der Waals surface area contributed by atoms with Gasteiger partial charge < -0.3 is 11.0 Å². The maximum atomic E-state index is 0. The van der Waals surface area contributed by atoms with Gasteiger partial charge in [-0.05, 0) is 0 Å². The number of hydrogen-bond donors (Lipinski definition) is 0. The van der Waals surface area contributed by atoms with E-state index in [0.717, 1.165) is 0 Å². The van der Waals surface area contributed by atoms with Crippen LogP contribution >= 0.6 is 0 Å². The summed E-state index contributed by atoms with van der Waals surface area (Å²) < 4.78 is 0. The molecule has 0 amide bonds. The monoisotopic (exact) mass is 169 g/mol. The Morgan fingerprint density at radius 1 is 0.750 bits per heavy atom. The van der Waals surface area contributed by atoms with Gasteiger partial charge in [-0.15, -0.1) is 0 Å². The summed E-state index contributed by atoms with van der Waals surface area (Å²) >= 11 is 0. The zero-order valence-electron chi connectivity index (χ0n) is 1.89. The van der Waals surface area contributed by atoms with Gasteiger partial charge in [0.05, 0.1) is 0 Å². The third-order valence-corrected chi connectivity index (χ3v) is 0. The van der Waals surface area contributed by atoms with E-state index in [0.29, 0.717) is 0 Å². The van der Waals surface area contributed by atoms with Crippen LogP contribution in [0.2, 0.25) is 0 Å². The maximum Gasteiger partial charge on any atom is 4.00 e. The largest absolute Gasteiger partial charge is 4.00 e. The molecule has 0 spiro atoms. The van der Waals surface area contributed by atoms with Crippen molar-refractivity contribution in [3.63, 3.8) is 0 Å². The Bertz CT molecular complexity index is 6.00. The number of rotatable bonds is 0. The second-order valence-electron chi connectivity index (χ2n) is 0. The number of hydrogen-bond acceptors (Lipinski definition) is 0. The fraction of sp³-hybridized carbons (Fsp3) is 0. The molecule has 0 aliphatic carbocycles. The van der Waals surface area contributed by atoms with Crippen molar-refractivity contribution >= 4 is 0 Å². The molecule has 1 radical (unpaired) electrons. The summed E-state index contributed by atoms with van der Waals surface area (Å²) in [4.78, 5) is 0. The summed E-state index contributed by atoms with van der Waals surface area (Å²) in [6.07, 6.45) is 0. The molecule has 0 bridgehead atoms. The topological polar surface area (TPSA) is 57.0 Å². The molecule has 19 valence electrons. The first-order valence-electron chi connectivity index (χ1n) is 0. The molecule has 0 aliphatic heterocycles. The van der Waals surface area contributed by atoms with E-state index in [4.69, 9.17) is 0 Å². The van der Waals surface area contributed by atoms with Gasteiger partial charge in [0, 0.05) is 32.7 Å². The van der Waals surface area contributed by atoms with Crippen LogP contribution in [0.3, 0.4) is 0 Å². The van der Waals surface area contributed by atoms with Gasteiger partial charge in [-0.3, -0.25) is 0 Å². The second kappa shape index (κ2) is 21.9. The maximum absolute atomic E-state index is 0. The van der Waals surface area contributed by atoms with E-state index in [-0.39, 0.29) is 65.4 Å². The molecule has 2 nitrogen and oxygen atoms in total. The molecule has 0 saturated heterocycles. The Morgan fingerprint density at radius 2 is 0.750 bits per heavy atom. The molecule has 0 atom stereocenters. The average Bonchev–Trinajstić information content (AvgIpc) is 0. The first-order chi connectivity index (χ1) is 0. The second-order valence-corrected chi connectivity index (χ2v) is 0. The van der Waals surface area contributed by atoms with Crippen LogP contribution in [0.1, 0.15) is 0 Å². The predicted molar refractivity (Wildman–Crippen MR) is 1.37 cm³/mol. The molecule has 0 rings (SSSR count). The van der Waals surface area contributed by atoms with Gasteiger partial charge in [0.25, 0.3) is 0 Å². The normalized spacial score (nSPS) is 0. The van der Waals surface area contributed by atoms with E-state index in [1.165, 1.54) is 0 Å². The third-order valence-electron chi connectivity index (χ3n) is 0. The summed E-state index contributed by atoms with van der Waals surface area (Å²) in [5.74, 6) is 0. The van der Waals surface area contributed by atoms with Crippen molar-refractivity contribution in [2.24, 2.45) is 0 Å². The summed E-state index contributed by atoms with van der Waals surface area (Å²) in [5, 5.41) is 0. The molecule has 4 heavy (non-hydrogen) atoms. The van der Waals surface area contributed by atoms with E-state index in [9.17, 15) is 0 Å². The Balaban J connectivity index is 0. The van der Waals surface area contributed by atoms with E-state index < -0.39 is 0 Å². The quantitative estimate of drug-likeness (QED) is 0.449. The van der Waals surface area contributed by atoms with Gasteiger partial charge in [-0.2, -0.15) is 0 Å². The van der Waals surface area contributed by atoms with Gasteiger partial charge in [-0.25, -0.2) is 0 Å². The summed E-state index contributed by atoms with van der Waals surface area (Å²) in [6, 6.07) is 0. The van der Waals surface area contributed by atoms with Gasteiger partial charge >= 0.3 is 21.7 Å². The van der Waals surface area contributed by atoms with Crippen molar-refractivity contribution in [2.45, 2.75) is 0 Å². The summed E-state index contributed by atoms with van der Waals surface area (Å²) in [6.45, 7) is 0. The molecular weight excluding hydrogens is 169 g/mol. The fourth-order valence-electron chi connectivity index (χ4n) is 0. The molecule has 0 aromatic rings. The first kappa shape index (κ1) is 42.6. The predicted octanol–water partition coefficient (Wildman–Crippen LogP) is -0.243. The fourth-order valence-corrected chi connectivity index (χ4v) is 0. The van der Waals surface area contributed by atoms with Crippen molar-refractivity contribution < 1.29 is 65.4 Å². The minimum atomic E-state index is 0. The molecule has 0 N–H and O–H groups in total. The molecule has 0 heterocycles. The van der Waals surface area contributed by atoms with Crippen molar-refractivity contribution in [3.05, 3.63) is 0 Å². The zero-order chi connectivity index (χ0) is 0. The van der Waals surface area contributed by atoms with Crippen LogP contribution in [0.5, 0.6) is 0 Å². The Kier molecular flexibility index (Phi) is 234. The Hall–Kier alpha value is 1.74. The Morgan fingerprint density at radius 3 is 0.750 bits per heavy atom. The standard InChI is InChI=1S/2O.Ti.Y/q2*-2;+4;. The van der Waals surface area contributed by atoms with Crippen LogP contribution in [0.25, 0.3) is 0 Å². The van der Waals surface area contributed by atoms with Gasteiger partial charge in [-0.1, -0.05) is 0 Å². The van der Waals surface area contributed by atoms with Crippen LogP contribution in [0.4, 0.5) is 0 Å². The van der Waals surface area contributed by atoms with Crippen molar-refractivity contribution in [2.75, 3.05) is 0 Å². The summed E-state index contributed by atoms with van der Waals surface area (Å²) in [7, 11) is 0. The first-order valence-corrected chi connectivity index (χ1v) is 0. The zero-order valence-corrected chi connectivity index (χ0v) is 6.29. The van der Waals surface area contributed by atoms with Crippen LogP contribution in [-0.2, 0) is 65.4 Å². The van der Waals surface area contributed by atoms with Crippen molar-refractivity contribution in [1.82, 2.24) is 0 Å². The van der Waals surface area contributed by atoms with Crippen LogP contribution < -0.4 is 0 Å². The van der Waals surface area contributed by atoms with Crippen molar-refractivity contribution in [3.8, 4) is 0 Å². The molecule has 0 aromatic heterocycles. The minimum absolute atomic E-state index is 0. The SMILES string of the molecule is [O-2].[O-2].[Ti+4].[Y]. The molecule has 0 aliphatic rings.